The summed E-state index contributed by atoms with van der Waals surface area (Å²) in [5.41, 5.74) is -0.228. The lowest BCUT2D eigenvalue weighted by atomic mass is 9.89. The summed E-state index contributed by atoms with van der Waals surface area (Å²) in [5.74, 6) is -1.46. The second-order valence-electron chi connectivity index (χ2n) is 4.87. The number of halogens is 1. The van der Waals surface area contributed by atoms with Crippen LogP contribution in [0, 0.1) is 6.92 Å². The van der Waals surface area contributed by atoms with Crippen molar-refractivity contribution in [3.05, 3.63) is 34.3 Å². The van der Waals surface area contributed by atoms with Crippen LogP contribution in [0.3, 0.4) is 0 Å². The van der Waals surface area contributed by atoms with Gasteiger partial charge in [0.1, 0.15) is 5.54 Å². The summed E-state index contributed by atoms with van der Waals surface area (Å²) in [6.45, 7) is 2.37. The first-order valence-electron chi connectivity index (χ1n) is 6.35. The molecule has 0 aliphatic carbocycles. The lowest BCUT2D eigenvalue weighted by molar-refractivity contribution is -0.148. The molecular weight excluding hydrogens is 282 g/mol. The third-order valence-electron chi connectivity index (χ3n) is 3.62. The van der Waals surface area contributed by atoms with E-state index in [1.807, 2.05) is 0 Å². The number of amides is 1. The van der Waals surface area contributed by atoms with Gasteiger partial charge in [-0.2, -0.15) is 0 Å². The second kappa shape index (κ2) is 5.81. The van der Waals surface area contributed by atoms with E-state index in [1.165, 1.54) is 0 Å². The van der Waals surface area contributed by atoms with Crippen LogP contribution >= 0.6 is 11.6 Å². The average molecular weight is 298 g/mol. The predicted molar refractivity (Wildman–Crippen MR) is 74.1 cm³/mol. The van der Waals surface area contributed by atoms with Gasteiger partial charge in [-0.1, -0.05) is 17.7 Å². The second-order valence-corrected chi connectivity index (χ2v) is 5.27. The molecule has 5 nitrogen and oxygen atoms in total. The van der Waals surface area contributed by atoms with Crippen LogP contribution in [0.5, 0.6) is 0 Å². The van der Waals surface area contributed by atoms with Gasteiger partial charge in [0.25, 0.3) is 5.91 Å². The van der Waals surface area contributed by atoms with E-state index in [-0.39, 0.29) is 12.8 Å². The number of carbonyl (C=O) groups excluding carboxylic acids is 1. The Labute approximate surface area is 121 Å². The SMILES string of the molecule is Cc1c(Cl)cccc1C(=O)NC1(C(=O)O)CCOCC1. The van der Waals surface area contributed by atoms with E-state index in [0.717, 1.165) is 0 Å². The highest BCUT2D eigenvalue weighted by Crippen LogP contribution is 2.24. The fourth-order valence-corrected chi connectivity index (χ4v) is 2.42. The molecule has 2 N–H and O–H groups in total. The molecule has 2 rings (SSSR count). The Bertz CT molecular complexity index is 538. The molecule has 108 valence electrons. The summed E-state index contributed by atoms with van der Waals surface area (Å²) < 4.78 is 5.17. The fourth-order valence-electron chi connectivity index (χ4n) is 2.25. The van der Waals surface area contributed by atoms with Crippen LogP contribution in [-0.2, 0) is 9.53 Å². The Morgan fingerprint density at radius 3 is 2.60 bits per heavy atom. The van der Waals surface area contributed by atoms with Gasteiger partial charge in [0, 0.05) is 36.6 Å². The van der Waals surface area contributed by atoms with E-state index in [4.69, 9.17) is 16.3 Å². The Balaban J connectivity index is 2.25. The molecule has 1 fully saturated rings. The third kappa shape index (κ3) is 2.78. The maximum absolute atomic E-state index is 12.3. The first-order chi connectivity index (χ1) is 9.46. The van der Waals surface area contributed by atoms with Gasteiger partial charge in [-0.15, -0.1) is 0 Å². The van der Waals surface area contributed by atoms with Gasteiger partial charge in [-0.25, -0.2) is 4.79 Å². The summed E-state index contributed by atoms with van der Waals surface area (Å²) in [4.78, 5) is 23.8. The highest BCUT2D eigenvalue weighted by molar-refractivity contribution is 6.31. The number of rotatable bonds is 3. The van der Waals surface area contributed by atoms with E-state index in [0.29, 0.717) is 29.4 Å². The zero-order valence-electron chi connectivity index (χ0n) is 11.1. The Morgan fingerprint density at radius 2 is 2.00 bits per heavy atom. The van der Waals surface area contributed by atoms with Crippen molar-refractivity contribution in [3.63, 3.8) is 0 Å². The zero-order valence-corrected chi connectivity index (χ0v) is 11.9. The number of aliphatic carboxylic acids is 1. The van der Waals surface area contributed by atoms with E-state index >= 15 is 0 Å². The van der Waals surface area contributed by atoms with Crippen LogP contribution in [0.1, 0.15) is 28.8 Å². The summed E-state index contributed by atoms with van der Waals surface area (Å²) in [7, 11) is 0. The average Bonchev–Trinajstić information content (AvgIpc) is 2.42. The molecule has 0 unspecified atom stereocenters. The molecule has 1 aliphatic heterocycles. The van der Waals surface area contributed by atoms with Crippen LogP contribution < -0.4 is 5.32 Å². The Hall–Kier alpha value is -1.59. The first-order valence-corrected chi connectivity index (χ1v) is 6.73. The number of hydrogen-bond donors (Lipinski definition) is 2. The van der Waals surface area contributed by atoms with Crippen molar-refractivity contribution in [1.82, 2.24) is 5.32 Å². The smallest absolute Gasteiger partial charge is 0.329 e. The molecule has 0 aromatic heterocycles. The van der Waals surface area contributed by atoms with Crippen molar-refractivity contribution in [2.45, 2.75) is 25.3 Å². The molecule has 1 saturated heterocycles. The number of carboxylic acid groups (broad SMARTS) is 1. The summed E-state index contributed by atoms with van der Waals surface area (Å²) in [6, 6.07) is 4.99. The largest absolute Gasteiger partial charge is 0.480 e. The van der Waals surface area contributed by atoms with E-state index in [2.05, 4.69) is 5.32 Å². The van der Waals surface area contributed by atoms with Gasteiger partial charge in [0.2, 0.25) is 0 Å². The summed E-state index contributed by atoms with van der Waals surface area (Å²) in [5, 5.41) is 12.5. The highest BCUT2D eigenvalue weighted by Gasteiger charge is 2.41. The number of benzene rings is 1. The molecule has 20 heavy (non-hydrogen) atoms. The van der Waals surface area contributed by atoms with Crippen molar-refractivity contribution in [1.29, 1.82) is 0 Å². The number of hydrogen-bond acceptors (Lipinski definition) is 3. The third-order valence-corrected chi connectivity index (χ3v) is 4.03. The minimum Gasteiger partial charge on any atom is -0.480 e. The lowest BCUT2D eigenvalue weighted by Gasteiger charge is -2.34. The Kier molecular flexibility index (Phi) is 4.30. The van der Waals surface area contributed by atoms with Crippen LogP contribution in [0.25, 0.3) is 0 Å². The molecule has 1 amide bonds. The van der Waals surface area contributed by atoms with Gasteiger partial charge >= 0.3 is 5.97 Å². The molecule has 1 heterocycles. The van der Waals surface area contributed by atoms with Crippen molar-refractivity contribution in [2.24, 2.45) is 0 Å². The van der Waals surface area contributed by atoms with Crippen LogP contribution in [-0.4, -0.2) is 35.7 Å². The monoisotopic (exact) mass is 297 g/mol. The van der Waals surface area contributed by atoms with Crippen LogP contribution in [0.2, 0.25) is 5.02 Å². The minimum atomic E-state index is -1.26. The Morgan fingerprint density at radius 1 is 1.35 bits per heavy atom. The molecule has 1 aromatic carbocycles. The van der Waals surface area contributed by atoms with Crippen molar-refractivity contribution >= 4 is 23.5 Å². The topological polar surface area (TPSA) is 75.6 Å². The van der Waals surface area contributed by atoms with Gasteiger partial charge < -0.3 is 15.2 Å². The number of carbonyl (C=O) groups is 2. The van der Waals surface area contributed by atoms with E-state index in [1.54, 1.807) is 25.1 Å². The quantitative estimate of drug-likeness (QED) is 0.895. The maximum atomic E-state index is 12.3. The number of ether oxygens (including phenoxy) is 1. The van der Waals surface area contributed by atoms with Gasteiger partial charge in [0.05, 0.1) is 0 Å². The normalized spacial score (nSPS) is 17.5. The van der Waals surface area contributed by atoms with Crippen LogP contribution in [0.15, 0.2) is 18.2 Å². The lowest BCUT2D eigenvalue weighted by Crippen LogP contribution is -2.57. The molecule has 0 atom stereocenters. The van der Waals surface area contributed by atoms with Crippen molar-refractivity contribution < 1.29 is 19.4 Å². The zero-order chi connectivity index (χ0) is 14.8. The van der Waals surface area contributed by atoms with E-state index < -0.39 is 17.4 Å². The first kappa shape index (κ1) is 14.8. The molecule has 0 bridgehead atoms. The van der Waals surface area contributed by atoms with E-state index in [9.17, 15) is 14.7 Å². The van der Waals surface area contributed by atoms with Crippen molar-refractivity contribution in [3.8, 4) is 0 Å². The highest BCUT2D eigenvalue weighted by atomic mass is 35.5. The van der Waals surface area contributed by atoms with Gasteiger partial charge in [-0.3, -0.25) is 4.79 Å². The molecule has 0 spiro atoms. The fraction of sp³-hybridized carbons (Fsp3) is 0.429. The molecule has 0 radical (unpaired) electrons. The minimum absolute atomic E-state index is 0.258. The molecular formula is C14H16ClNO4. The molecule has 1 aromatic rings. The summed E-state index contributed by atoms with van der Waals surface area (Å²) in [6.07, 6.45) is 0.515. The molecule has 6 heteroatoms. The molecule has 0 saturated carbocycles. The standard InChI is InChI=1S/C14H16ClNO4/c1-9-10(3-2-4-11(9)15)12(17)16-14(13(18)19)5-7-20-8-6-14/h2-4H,5-8H2,1H3,(H,16,17)(H,18,19). The number of nitrogens with one attached hydrogen (secondary N) is 1. The van der Waals surface area contributed by atoms with Gasteiger partial charge in [-0.05, 0) is 24.6 Å². The molecule has 1 aliphatic rings. The predicted octanol–water partition coefficient (Wildman–Crippen LogP) is 2.01. The van der Waals surface area contributed by atoms with Gasteiger partial charge in [0.15, 0.2) is 0 Å². The summed E-state index contributed by atoms with van der Waals surface area (Å²) >= 11 is 5.98. The maximum Gasteiger partial charge on any atom is 0.329 e. The van der Waals surface area contributed by atoms with Crippen LogP contribution in [0.4, 0.5) is 0 Å². The van der Waals surface area contributed by atoms with Crippen molar-refractivity contribution in [2.75, 3.05) is 13.2 Å². The number of carboxylic acids is 1.